The van der Waals surface area contributed by atoms with E-state index >= 15 is 0 Å². The van der Waals surface area contributed by atoms with Crippen molar-refractivity contribution in [1.29, 1.82) is 5.26 Å². The number of nitrogens with zero attached hydrogens (tertiary/aromatic N) is 2. The smallest absolute Gasteiger partial charge is 0.243 e. The molecule has 164 valence electrons. The largest absolute Gasteiger partial charge is 0.316 e. The lowest BCUT2D eigenvalue weighted by atomic mass is 9.88. The third-order valence-corrected chi connectivity index (χ3v) is 9.47. The summed E-state index contributed by atoms with van der Waals surface area (Å²) in [5.74, 6) is 0.182. The number of carbonyl (C=O) groups excluding carboxylic acids is 1. The Morgan fingerprint density at radius 3 is 2.55 bits per heavy atom. The average Bonchev–Trinajstić information content (AvgIpc) is 3.09. The molecule has 1 aliphatic heterocycles. The Balaban J connectivity index is 1.41. The molecular weight excluding hydrogens is 454 g/mol. The molecule has 1 fully saturated rings. The van der Waals surface area contributed by atoms with Crippen molar-refractivity contribution >= 4 is 43.9 Å². The molecule has 1 amide bonds. The van der Waals surface area contributed by atoms with E-state index in [-0.39, 0.29) is 29.8 Å². The number of piperidine rings is 1. The van der Waals surface area contributed by atoms with Crippen LogP contribution in [0.25, 0.3) is 0 Å². The molecular formula is C22H24ClN3O3S2. The van der Waals surface area contributed by atoms with Crippen LogP contribution in [-0.4, -0.2) is 31.7 Å². The van der Waals surface area contributed by atoms with Crippen molar-refractivity contribution in [3.8, 4) is 6.07 Å². The van der Waals surface area contributed by atoms with Gasteiger partial charge in [0.15, 0.2) is 0 Å². The summed E-state index contributed by atoms with van der Waals surface area (Å²) in [6.45, 7) is 2.78. The SMILES string of the molecule is C[C@@H]1CCc2c(sc(NC(=O)C3CCN(S(=O)(=O)c4ccc(Cl)cc4)CC3)c2C#N)C1. The minimum Gasteiger partial charge on any atom is -0.316 e. The van der Waals surface area contributed by atoms with Gasteiger partial charge in [0.05, 0.1) is 10.5 Å². The number of rotatable bonds is 4. The molecule has 0 saturated carbocycles. The first kappa shape index (κ1) is 22.3. The Bertz CT molecular complexity index is 1130. The summed E-state index contributed by atoms with van der Waals surface area (Å²) in [6, 6.07) is 8.39. The van der Waals surface area contributed by atoms with Crippen LogP contribution in [0.4, 0.5) is 5.00 Å². The van der Waals surface area contributed by atoms with Crippen LogP contribution in [0.1, 0.15) is 42.2 Å². The normalized spacial score (nSPS) is 20.1. The molecule has 2 aliphatic rings. The molecule has 0 spiro atoms. The van der Waals surface area contributed by atoms with Crippen LogP contribution >= 0.6 is 22.9 Å². The number of amides is 1. The van der Waals surface area contributed by atoms with E-state index in [1.165, 1.54) is 32.7 Å². The second-order valence-electron chi connectivity index (χ2n) is 8.29. The number of benzene rings is 1. The van der Waals surface area contributed by atoms with Gasteiger partial charge < -0.3 is 5.32 Å². The highest BCUT2D eigenvalue weighted by Crippen LogP contribution is 2.39. The number of fused-ring (bicyclic) bond motifs is 1. The molecule has 2 heterocycles. The predicted molar refractivity (Wildman–Crippen MR) is 122 cm³/mol. The van der Waals surface area contributed by atoms with Crippen molar-refractivity contribution in [2.45, 2.75) is 43.9 Å². The van der Waals surface area contributed by atoms with E-state index in [4.69, 9.17) is 11.6 Å². The minimum absolute atomic E-state index is 0.133. The third-order valence-electron chi connectivity index (χ3n) is 6.14. The van der Waals surface area contributed by atoms with Gasteiger partial charge in [-0.05, 0) is 67.9 Å². The molecule has 0 unspecified atom stereocenters. The van der Waals surface area contributed by atoms with Crippen molar-refractivity contribution < 1.29 is 13.2 Å². The number of sulfonamides is 1. The van der Waals surface area contributed by atoms with Crippen molar-refractivity contribution in [2.75, 3.05) is 18.4 Å². The van der Waals surface area contributed by atoms with E-state index in [1.54, 1.807) is 12.1 Å². The van der Waals surface area contributed by atoms with Crippen LogP contribution in [0.15, 0.2) is 29.2 Å². The maximum atomic E-state index is 12.9. The number of nitriles is 1. The van der Waals surface area contributed by atoms with E-state index in [9.17, 15) is 18.5 Å². The fourth-order valence-corrected chi connectivity index (χ4v) is 7.24. The zero-order valence-electron chi connectivity index (χ0n) is 17.2. The highest BCUT2D eigenvalue weighted by Gasteiger charge is 2.33. The minimum atomic E-state index is -3.60. The number of thiophene rings is 1. The number of hydrogen-bond acceptors (Lipinski definition) is 5. The summed E-state index contributed by atoms with van der Waals surface area (Å²) in [7, 11) is -3.60. The monoisotopic (exact) mass is 477 g/mol. The van der Waals surface area contributed by atoms with Gasteiger partial charge in [-0.1, -0.05) is 18.5 Å². The number of hydrogen-bond donors (Lipinski definition) is 1. The lowest BCUT2D eigenvalue weighted by Crippen LogP contribution is -2.41. The predicted octanol–water partition coefficient (Wildman–Crippen LogP) is 4.44. The van der Waals surface area contributed by atoms with Crippen molar-refractivity contribution in [3.05, 3.63) is 45.3 Å². The van der Waals surface area contributed by atoms with Crippen LogP contribution < -0.4 is 5.32 Å². The molecule has 1 aliphatic carbocycles. The average molecular weight is 478 g/mol. The Morgan fingerprint density at radius 2 is 1.90 bits per heavy atom. The first-order valence-corrected chi connectivity index (χ1v) is 13.0. The lowest BCUT2D eigenvalue weighted by Gasteiger charge is -2.30. The van der Waals surface area contributed by atoms with E-state index in [0.29, 0.717) is 34.3 Å². The molecule has 9 heteroatoms. The molecule has 0 radical (unpaired) electrons. The van der Waals surface area contributed by atoms with E-state index in [2.05, 4.69) is 18.3 Å². The highest BCUT2D eigenvalue weighted by atomic mass is 35.5. The van der Waals surface area contributed by atoms with Gasteiger partial charge in [-0.2, -0.15) is 9.57 Å². The number of carbonyl (C=O) groups is 1. The van der Waals surface area contributed by atoms with Gasteiger partial charge in [0.25, 0.3) is 0 Å². The van der Waals surface area contributed by atoms with Gasteiger partial charge in [0.2, 0.25) is 15.9 Å². The summed E-state index contributed by atoms with van der Waals surface area (Å²) in [4.78, 5) is 14.3. The Labute approximate surface area is 191 Å². The summed E-state index contributed by atoms with van der Waals surface area (Å²) in [5.41, 5.74) is 1.69. The molecule has 1 N–H and O–H groups in total. The molecule has 4 rings (SSSR count). The topological polar surface area (TPSA) is 90.3 Å². The van der Waals surface area contributed by atoms with Gasteiger partial charge in [0.1, 0.15) is 11.1 Å². The molecule has 2 aromatic rings. The van der Waals surface area contributed by atoms with Crippen LogP contribution in [0.3, 0.4) is 0 Å². The second kappa shape index (κ2) is 8.91. The number of anilines is 1. The highest BCUT2D eigenvalue weighted by molar-refractivity contribution is 7.89. The molecule has 1 saturated heterocycles. The van der Waals surface area contributed by atoms with Crippen LogP contribution in [-0.2, 0) is 27.7 Å². The van der Waals surface area contributed by atoms with Crippen molar-refractivity contribution in [2.24, 2.45) is 11.8 Å². The van der Waals surface area contributed by atoms with Crippen molar-refractivity contribution in [1.82, 2.24) is 4.31 Å². The molecule has 6 nitrogen and oxygen atoms in total. The van der Waals surface area contributed by atoms with Gasteiger partial charge in [-0.25, -0.2) is 8.42 Å². The Kier molecular flexibility index (Phi) is 6.40. The summed E-state index contributed by atoms with van der Waals surface area (Å²) in [5, 5.41) is 13.7. The number of halogens is 1. The van der Waals surface area contributed by atoms with Gasteiger partial charge in [0, 0.05) is 28.9 Å². The summed E-state index contributed by atoms with van der Waals surface area (Å²) in [6.07, 6.45) is 3.79. The van der Waals surface area contributed by atoms with E-state index < -0.39 is 10.0 Å². The fraction of sp³-hybridized carbons (Fsp3) is 0.455. The maximum absolute atomic E-state index is 12.9. The zero-order valence-corrected chi connectivity index (χ0v) is 19.6. The standard InChI is InChI=1S/C22H24ClN3O3S2/c1-14-2-7-18-19(13-24)22(30-20(18)12-14)25-21(27)15-8-10-26(11-9-15)31(28,29)17-5-3-16(23)4-6-17/h3-6,14-15H,2,7-12H2,1H3,(H,25,27)/t14-/m1/s1. The van der Waals surface area contributed by atoms with E-state index in [1.807, 2.05) is 0 Å². The molecule has 1 aromatic heterocycles. The van der Waals surface area contributed by atoms with E-state index in [0.717, 1.165) is 24.8 Å². The fourth-order valence-electron chi connectivity index (χ4n) is 4.29. The van der Waals surface area contributed by atoms with Gasteiger partial charge in [-0.15, -0.1) is 11.3 Å². The van der Waals surface area contributed by atoms with Crippen LogP contribution in [0.5, 0.6) is 0 Å². The summed E-state index contributed by atoms with van der Waals surface area (Å²) < 4.78 is 27.1. The summed E-state index contributed by atoms with van der Waals surface area (Å²) >= 11 is 7.37. The molecule has 1 atom stereocenters. The zero-order chi connectivity index (χ0) is 22.2. The second-order valence-corrected chi connectivity index (χ2v) is 11.8. The van der Waals surface area contributed by atoms with Crippen LogP contribution in [0.2, 0.25) is 5.02 Å². The van der Waals surface area contributed by atoms with Crippen LogP contribution in [0, 0.1) is 23.2 Å². The van der Waals surface area contributed by atoms with Gasteiger partial charge >= 0.3 is 0 Å². The maximum Gasteiger partial charge on any atom is 0.243 e. The lowest BCUT2D eigenvalue weighted by molar-refractivity contribution is -0.120. The first-order valence-electron chi connectivity index (χ1n) is 10.4. The number of nitrogens with one attached hydrogen (secondary N) is 1. The Hall–Kier alpha value is -1.92. The van der Waals surface area contributed by atoms with Crippen molar-refractivity contribution in [3.63, 3.8) is 0 Å². The third kappa shape index (κ3) is 4.51. The Morgan fingerprint density at radius 1 is 1.23 bits per heavy atom. The molecule has 31 heavy (non-hydrogen) atoms. The quantitative estimate of drug-likeness (QED) is 0.704. The van der Waals surface area contributed by atoms with Gasteiger partial charge in [-0.3, -0.25) is 4.79 Å². The first-order chi connectivity index (χ1) is 14.8. The molecule has 0 bridgehead atoms. The molecule has 1 aromatic carbocycles.